The van der Waals surface area contributed by atoms with Crippen LogP contribution in [0.15, 0.2) is 22.8 Å². The normalized spacial score (nSPS) is 12.5. The van der Waals surface area contributed by atoms with Crippen molar-refractivity contribution in [1.82, 2.24) is 10.3 Å². The van der Waals surface area contributed by atoms with Gasteiger partial charge in [0.1, 0.15) is 5.69 Å². The molecule has 0 aliphatic carbocycles. The molecule has 0 bridgehead atoms. The number of aliphatic hydroxyl groups is 1. The summed E-state index contributed by atoms with van der Waals surface area (Å²) < 4.78 is 0.829. The van der Waals surface area contributed by atoms with Crippen LogP contribution < -0.4 is 5.32 Å². The minimum absolute atomic E-state index is 0.0551. The topological polar surface area (TPSA) is 62.2 Å². The van der Waals surface area contributed by atoms with Gasteiger partial charge in [-0.2, -0.15) is 0 Å². The van der Waals surface area contributed by atoms with Gasteiger partial charge >= 0.3 is 0 Å². The van der Waals surface area contributed by atoms with Crippen molar-refractivity contribution in [3.8, 4) is 0 Å². The van der Waals surface area contributed by atoms with Crippen molar-refractivity contribution in [2.24, 2.45) is 5.92 Å². The van der Waals surface area contributed by atoms with E-state index in [2.05, 4.69) is 26.2 Å². The first-order valence-corrected chi connectivity index (χ1v) is 6.35. The molecule has 1 aromatic heterocycles. The maximum atomic E-state index is 11.8. The highest BCUT2D eigenvalue weighted by Crippen LogP contribution is 2.08. The summed E-state index contributed by atoms with van der Waals surface area (Å²) in [5.74, 6) is 0.169. The van der Waals surface area contributed by atoms with E-state index in [0.717, 1.165) is 10.9 Å². The van der Waals surface area contributed by atoms with E-state index in [-0.39, 0.29) is 18.6 Å². The second-order valence-electron chi connectivity index (χ2n) is 4.34. The standard InChI is InChI=1S/C12H17BrN2O2/c1-8(2)5-10(7-16)15-12(17)11-4-3-9(13)6-14-11/h3-4,6,8,10,16H,5,7H2,1-2H3,(H,15,17). The van der Waals surface area contributed by atoms with Gasteiger partial charge in [-0.05, 0) is 40.4 Å². The van der Waals surface area contributed by atoms with Crippen LogP contribution in [0, 0.1) is 5.92 Å². The third-order valence-corrected chi connectivity index (χ3v) is 2.74. The zero-order chi connectivity index (χ0) is 12.8. The largest absolute Gasteiger partial charge is 0.394 e. The van der Waals surface area contributed by atoms with E-state index in [4.69, 9.17) is 0 Å². The van der Waals surface area contributed by atoms with Gasteiger partial charge in [0.05, 0.1) is 12.6 Å². The van der Waals surface area contributed by atoms with Gasteiger partial charge in [0.2, 0.25) is 0 Å². The van der Waals surface area contributed by atoms with Crippen LogP contribution in [-0.4, -0.2) is 28.6 Å². The molecule has 1 unspecified atom stereocenters. The molecule has 0 spiro atoms. The van der Waals surface area contributed by atoms with Gasteiger partial charge in [0.15, 0.2) is 0 Å². The lowest BCUT2D eigenvalue weighted by Gasteiger charge is -2.17. The van der Waals surface area contributed by atoms with Crippen molar-refractivity contribution < 1.29 is 9.90 Å². The molecular formula is C12H17BrN2O2. The zero-order valence-corrected chi connectivity index (χ0v) is 11.6. The molecule has 1 aromatic rings. The number of aromatic nitrogens is 1. The molecule has 0 aromatic carbocycles. The fraction of sp³-hybridized carbons (Fsp3) is 0.500. The number of hydrogen-bond donors (Lipinski definition) is 2. The van der Waals surface area contributed by atoms with Crippen LogP contribution in [0.2, 0.25) is 0 Å². The summed E-state index contributed by atoms with van der Waals surface area (Å²) in [5.41, 5.74) is 0.357. The molecule has 0 aliphatic rings. The number of nitrogens with one attached hydrogen (secondary N) is 1. The Morgan fingerprint density at radius 2 is 2.24 bits per heavy atom. The molecule has 1 rings (SSSR count). The highest BCUT2D eigenvalue weighted by molar-refractivity contribution is 9.10. The Bertz CT molecular complexity index is 365. The number of hydrogen-bond acceptors (Lipinski definition) is 3. The lowest BCUT2D eigenvalue weighted by Crippen LogP contribution is -2.38. The predicted molar refractivity (Wildman–Crippen MR) is 69.7 cm³/mol. The number of nitrogens with zero attached hydrogens (tertiary/aromatic N) is 1. The van der Waals surface area contributed by atoms with Crippen molar-refractivity contribution in [3.05, 3.63) is 28.5 Å². The smallest absolute Gasteiger partial charge is 0.270 e. The van der Waals surface area contributed by atoms with Gasteiger partial charge < -0.3 is 10.4 Å². The molecule has 0 fully saturated rings. The Kier molecular flexibility index (Phi) is 5.58. The van der Waals surface area contributed by atoms with Gasteiger partial charge in [-0.15, -0.1) is 0 Å². The average molecular weight is 301 g/mol. The Labute approximate surface area is 110 Å². The third-order valence-electron chi connectivity index (χ3n) is 2.27. The van der Waals surface area contributed by atoms with E-state index in [9.17, 15) is 9.90 Å². The van der Waals surface area contributed by atoms with E-state index in [1.165, 1.54) is 0 Å². The summed E-state index contributed by atoms with van der Waals surface area (Å²) in [6.07, 6.45) is 2.32. The first kappa shape index (κ1) is 14.1. The summed E-state index contributed by atoms with van der Waals surface area (Å²) in [4.78, 5) is 15.8. The van der Waals surface area contributed by atoms with E-state index in [0.29, 0.717) is 11.6 Å². The van der Waals surface area contributed by atoms with Crippen LogP contribution >= 0.6 is 15.9 Å². The second-order valence-corrected chi connectivity index (χ2v) is 5.26. The number of rotatable bonds is 5. The lowest BCUT2D eigenvalue weighted by molar-refractivity contribution is 0.0903. The van der Waals surface area contributed by atoms with Crippen molar-refractivity contribution in [1.29, 1.82) is 0 Å². The summed E-state index contributed by atoms with van der Waals surface area (Å²) in [7, 11) is 0. The molecule has 94 valence electrons. The molecule has 0 radical (unpaired) electrons. The average Bonchev–Trinajstić information content (AvgIpc) is 2.28. The van der Waals surface area contributed by atoms with E-state index < -0.39 is 0 Å². The zero-order valence-electron chi connectivity index (χ0n) is 9.98. The van der Waals surface area contributed by atoms with Crippen LogP contribution in [0.5, 0.6) is 0 Å². The summed E-state index contributed by atoms with van der Waals surface area (Å²) in [6.45, 7) is 4.04. The number of pyridine rings is 1. The van der Waals surface area contributed by atoms with Crippen molar-refractivity contribution >= 4 is 21.8 Å². The van der Waals surface area contributed by atoms with Crippen molar-refractivity contribution in [2.75, 3.05) is 6.61 Å². The Morgan fingerprint density at radius 1 is 1.53 bits per heavy atom. The molecule has 1 heterocycles. The number of aliphatic hydroxyl groups excluding tert-OH is 1. The number of halogens is 1. The summed E-state index contributed by atoms with van der Waals surface area (Å²) in [5, 5.41) is 11.9. The van der Waals surface area contributed by atoms with Gasteiger partial charge in [0, 0.05) is 10.7 Å². The van der Waals surface area contributed by atoms with Crippen LogP contribution in [0.25, 0.3) is 0 Å². The molecule has 4 nitrogen and oxygen atoms in total. The van der Waals surface area contributed by atoms with Crippen LogP contribution in [0.4, 0.5) is 0 Å². The fourth-order valence-electron chi connectivity index (χ4n) is 1.52. The lowest BCUT2D eigenvalue weighted by atomic mass is 10.0. The maximum absolute atomic E-state index is 11.8. The number of carbonyl (C=O) groups excluding carboxylic acids is 1. The molecule has 1 atom stereocenters. The minimum atomic E-state index is -0.253. The SMILES string of the molecule is CC(C)CC(CO)NC(=O)c1ccc(Br)cn1. The third kappa shape index (κ3) is 4.83. The molecule has 2 N–H and O–H groups in total. The van der Waals surface area contributed by atoms with Crippen molar-refractivity contribution in [2.45, 2.75) is 26.3 Å². The quantitative estimate of drug-likeness (QED) is 0.874. The molecule has 0 saturated heterocycles. The highest BCUT2D eigenvalue weighted by atomic mass is 79.9. The monoisotopic (exact) mass is 300 g/mol. The van der Waals surface area contributed by atoms with Gasteiger partial charge in [-0.1, -0.05) is 13.8 Å². The molecule has 5 heteroatoms. The van der Waals surface area contributed by atoms with Crippen LogP contribution in [-0.2, 0) is 0 Å². The van der Waals surface area contributed by atoms with E-state index >= 15 is 0 Å². The number of carbonyl (C=O) groups is 1. The molecular weight excluding hydrogens is 284 g/mol. The van der Waals surface area contributed by atoms with Crippen LogP contribution in [0.3, 0.4) is 0 Å². The van der Waals surface area contributed by atoms with Crippen molar-refractivity contribution in [3.63, 3.8) is 0 Å². The predicted octanol–water partition coefficient (Wildman–Crippen LogP) is 1.98. The highest BCUT2D eigenvalue weighted by Gasteiger charge is 2.14. The van der Waals surface area contributed by atoms with Crippen LogP contribution in [0.1, 0.15) is 30.8 Å². The maximum Gasteiger partial charge on any atom is 0.270 e. The van der Waals surface area contributed by atoms with E-state index in [1.54, 1.807) is 18.3 Å². The molecule has 0 aliphatic heterocycles. The Morgan fingerprint density at radius 3 is 2.71 bits per heavy atom. The molecule has 1 amide bonds. The first-order valence-electron chi connectivity index (χ1n) is 5.56. The molecule has 0 saturated carbocycles. The number of amides is 1. The second kappa shape index (κ2) is 6.71. The molecule has 17 heavy (non-hydrogen) atoms. The first-order chi connectivity index (χ1) is 8.02. The minimum Gasteiger partial charge on any atom is -0.394 e. The Hall–Kier alpha value is -0.940. The van der Waals surface area contributed by atoms with Gasteiger partial charge in [0.25, 0.3) is 5.91 Å². The van der Waals surface area contributed by atoms with Gasteiger partial charge in [-0.3, -0.25) is 4.79 Å². The Balaban J connectivity index is 2.61. The van der Waals surface area contributed by atoms with E-state index in [1.807, 2.05) is 13.8 Å². The summed E-state index contributed by atoms with van der Waals surface area (Å²) in [6, 6.07) is 3.19. The fourth-order valence-corrected chi connectivity index (χ4v) is 1.75. The van der Waals surface area contributed by atoms with Gasteiger partial charge in [-0.25, -0.2) is 4.98 Å². The summed E-state index contributed by atoms with van der Waals surface area (Å²) >= 11 is 3.26.